The highest BCUT2D eigenvalue weighted by molar-refractivity contribution is 5.61. The van der Waals surface area contributed by atoms with Crippen molar-refractivity contribution in [3.8, 4) is 11.3 Å². The molecule has 6 heteroatoms. The summed E-state index contributed by atoms with van der Waals surface area (Å²) in [6.45, 7) is 2.04. The molecule has 0 atom stereocenters. The van der Waals surface area contributed by atoms with Gasteiger partial charge in [-0.3, -0.25) is 10.1 Å². The van der Waals surface area contributed by atoms with Gasteiger partial charge in [0.05, 0.1) is 24.7 Å². The minimum atomic E-state index is -0.361. The molecule has 2 aromatic heterocycles. The fraction of sp³-hybridized carbons (Fsp3) is 0.333. The number of H-pyrrole nitrogens is 1. The van der Waals surface area contributed by atoms with Crippen molar-refractivity contribution in [3.05, 3.63) is 36.0 Å². The van der Waals surface area contributed by atoms with E-state index in [0.29, 0.717) is 18.7 Å². The topological polar surface area (TPSA) is 62.8 Å². The first-order chi connectivity index (χ1) is 8.81. The highest BCUT2D eigenvalue weighted by atomic mass is 19.1. The first-order valence-corrected chi connectivity index (χ1v) is 5.64. The van der Waals surface area contributed by atoms with Gasteiger partial charge in [0, 0.05) is 37.5 Å². The van der Waals surface area contributed by atoms with Crippen LogP contribution in [0, 0.1) is 5.82 Å². The van der Waals surface area contributed by atoms with E-state index in [-0.39, 0.29) is 5.82 Å². The molecule has 5 nitrogen and oxygen atoms in total. The van der Waals surface area contributed by atoms with Crippen LogP contribution in [0.5, 0.6) is 0 Å². The Kier molecular flexibility index (Phi) is 4.38. The number of nitrogens with zero attached hydrogens (tertiary/aromatic N) is 2. The molecule has 0 aromatic carbocycles. The number of hydrogen-bond acceptors (Lipinski definition) is 4. The van der Waals surface area contributed by atoms with Gasteiger partial charge in [0.15, 0.2) is 0 Å². The van der Waals surface area contributed by atoms with Crippen LogP contribution in [0.2, 0.25) is 0 Å². The van der Waals surface area contributed by atoms with Gasteiger partial charge in [-0.05, 0) is 6.07 Å². The molecule has 2 N–H and O–H groups in total. The Balaban J connectivity index is 2.08. The number of halogens is 1. The summed E-state index contributed by atoms with van der Waals surface area (Å²) >= 11 is 0. The van der Waals surface area contributed by atoms with Gasteiger partial charge in [0.25, 0.3) is 0 Å². The van der Waals surface area contributed by atoms with Crippen molar-refractivity contribution < 1.29 is 9.13 Å². The number of aromatic amines is 1. The highest BCUT2D eigenvalue weighted by Crippen LogP contribution is 2.20. The van der Waals surface area contributed by atoms with Crippen molar-refractivity contribution in [1.29, 1.82) is 0 Å². The summed E-state index contributed by atoms with van der Waals surface area (Å²) < 4.78 is 18.1. The van der Waals surface area contributed by atoms with E-state index in [1.165, 1.54) is 12.3 Å². The van der Waals surface area contributed by atoms with Gasteiger partial charge in [-0.2, -0.15) is 5.10 Å². The molecule has 2 heterocycles. The van der Waals surface area contributed by atoms with E-state index in [0.717, 1.165) is 17.8 Å². The lowest BCUT2D eigenvalue weighted by atomic mass is 10.1. The molecule has 18 heavy (non-hydrogen) atoms. The van der Waals surface area contributed by atoms with Crippen LogP contribution in [0.25, 0.3) is 11.3 Å². The molecule has 0 unspecified atom stereocenters. The first kappa shape index (κ1) is 12.7. The Bertz CT molecular complexity index is 500. The third-order valence-electron chi connectivity index (χ3n) is 2.51. The van der Waals surface area contributed by atoms with E-state index in [1.54, 1.807) is 19.5 Å². The van der Waals surface area contributed by atoms with Crippen LogP contribution in [-0.4, -0.2) is 35.4 Å². The third-order valence-corrected chi connectivity index (χ3v) is 2.51. The van der Waals surface area contributed by atoms with Crippen LogP contribution in [-0.2, 0) is 11.3 Å². The van der Waals surface area contributed by atoms with E-state index in [2.05, 4.69) is 20.5 Å². The average Bonchev–Trinajstić information content (AvgIpc) is 2.83. The lowest BCUT2D eigenvalue weighted by molar-refractivity contribution is 0.199. The van der Waals surface area contributed by atoms with E-state index >= 15 is 0 Å². The maximum absolute atomic E-state index is 13.1. The number of methoxy groups -OCH3 is 1. The van der Waals surface area contributed by atoms with E-state index in [1.807, 2.05) is 0 Å². The second kappa shape index (κ2) is 6.23. The number of ether oxygens (including phenoxy) is 1. The monoisotopic (exact) mass is 250 g/mol. The minimum Gasteiger partial charge on any atom is -0.383 e. The molecule has 0 saturated carbocycles. The van der Waals surface area contributed by atoms with Gasteiger partial charge in [0.1, 0.15) is 5.82 Å². The van der Waals surface area contributed by atoms with Crippen LogP contribution in [0.1, 0.15) is 5.56 Å². The maximum atomic E-state index is 13.1. The number of hydrogen-bond donors (Lipinski definition) is 2. The van der Waals surface area contributed by atoms with Crippen LogP contribution >= 0.6 is 0 Å². The zero-order valence-corrected chi connectivity index (χ0v) is 10.1. The molecule has 0 saturated heterocycles. The zero-order valence-electron chi connectivity index (χ0n) is 10.1. The molecule has 0 aliphatic carbocycles. The first-order valence-electron chi connectivity index (χ1n) is 5.64. The second-order valence-corrected chi connectivity index (χ2v) is 3.83. The Labute approximate surface area is 104 Å². The van der Waals surface area contributed by atoms with Crippen molar-refractivity contribution in [2.24, 2.45) is 0 Å². The summed E-state index contributed by atoms with van der Waals surface area (Å²) in [6, 6.07) is 1.43. The Morgan fingerprint density at radius 1 is 1.39 bits per heavy atom. The van der Waals surface area contributed by atoms with E-state index < -0.39 is 0 Å². The Morgan fingerprint density at radius 3 is 3.06 bits per heavy atom. The normalized spacial score (nSPS) is 10.8. The quantitative estimate of drug-likeness (QED) is 0.760. The van der Waals surface area contributed by atoms with Gasteiger partial charge in [-0.15, -0.1) is 0 Å². The van der Waals surface area contributed by atoms with Crippen molar-refractivity contribution >= 4 is 0 Å². The van der Waals surface area contributed by atoms with Crippen molar-refractivity contribution in [1.82, 2.24) is 20.5 Å². The number of nitrogens with one attached hydrogen (secondary N) is 2. The van der Waals surface area contributed by atoms with Crippen LogP contribution in [0.4, 0.5) is 4.39 Å². The summed E-state index contributed by atoms with van der Waals surface area (Å²) in [4.78, 5) is 3.83. The van der Waals surface area contributed by atoms with E-state index in [9.17, 15) is 4.39 Å². The SMILES string of the molecule is COCCNCc1cn[nH]c1-c1cncc(F)c1. The predicted octanol–water partition coefficient (Wildman–Crippen LogP) is 1.35. The Morgan fingerprint density at radius 2 is 2.28 bits per heavy atom. The molecule has 96 valence electrons. The molecule has 0 amide bonds. The van der Waals surface area contributed by atoms with Crippen molar-refractivity contribution in [3.63, 3.8) is 0 Å². The van der Waals surface area contributed by atoms with Gasteiger partial charge in [-0.25, -0.2) is 4.39 Å². The van der Waals surface area contributed by atoms with Gasteiger partial charge in [-0.1, -0.05) is 0 Å². The maximum Gasteiger partial charge on any atom is 0.142 e. The fourth-order valence-corrected chi connectivity index (χ4v) is 1.64. The number of rotatable bonds is 6. The Hall–Kier alpha value is -1.79. The van der Waals surface area contributed by atoms with Gasteiger partial charge < -0.3 is 10.1 Å². The van der Waals surface area contributed by atoms with Gasteiger partial charge in [0.2, 0.25) is 0 Å². The highest BCUT2D eigenvalue weighted by Gasteiger charge is 2.08. The van der Waals surface area contributed by atoms with Crippen LogP contribution in [0.15, 0.2) is 24.7 Å². The van der Waals surface area contributed by atoms with Crippen LogP contribution in [0.3, 0.4) is 0 Å². The number of aromatic nitrogens is 3. The molecule has 2 rings (SSSR count). The summed E-state index contributed by atoms with van der Waals surface area (Å²) in [6.07, 6.45) is 4.51. The largest absolute Gasteiger partial charge is 0.383 e. The lowest BCUT2D eigenvalue weighted by Gasteiger charge is -2.05. The van der Waals surface area contributed by atoms with Crippen molar-refractivity contribution in [2.45, 2.75) is 6.54 Å². The molecular weight excluding hydrogens is 235 g/mol. The zero-order chi connectivity index (χ0) is 12.8. The summed E-state index contributed by atoms with van der Waals surface area (Å²) in [5.41, 5.74) is 2.45. The molecule has 0 bridgehead atoms. The summed E-state index contributed by atoms with van der Waals surface area (Å²) in [5.74, 6) is -0.361. The molecule has 0 radical (unpaired) electrons. The second-order valence-electron chi connectivity index (χ2n) is 3.83. The molecule has 0 aliphatic heterocycles. The fourth-order valence-electron chi connectivity index (χ4n) is 1.64. The molecule has 2 aromatic rings. The summed E-state index contributed by atoms with van der Waals surface area (Å²) in [5, 5.41) is 10.1. The average molecular weight is 250 g/mol. The third kappa shape index (κ3) is 3.12. The van der Waals surface area contributed by atoms with Gasteiger partial charge >= 0.3 is 0 Å². The minimum absolute atomic E-state index is 0.361. The molecule has 0 spiro atoms. The van der Waals surface area contributed by atoms with E-state index in [4.69, 9.17) is 4.74 Å². The number of pyridine rings is 1. The lowest BCUT2D eigenvalue weighted by Crippen LogP contribution is -2.18. The van der Waals surface area contributed by atoms with Crippen molar-refractivity contribution in [2.75, 3.05) is 20.3 Å². The molecular formula is C12H15FN4O. The predicted molar refractivity (Wildman–Crippen MR) is 65.4 cm³/mol. The summed E-state index contributed by atoms with van der Waals surface area (Å²) in [7, 11) is 1.66. The smallest absolute Gasteiger partial charge is 0.142 e. The molecule has 0 aliphatic rings. The molecule has 0 fully saturated rings. The standard InChI is InChI=1S/C12H15FN4O/c1-18-3-2-14-6-10-7-16-17-12(10)9-4-11(13)8-15-5-9/h4-5,7-8,14H,2-3,6H2,1H3,(H,16,17). The van der Waals surface area contributed by atoms with Crippen LogP contribution < -0.4 is 5.32 Å².